The fourth-order valence-electron chi connectivity index (χ4n) is 1.44. The largest absolute Gasteiger partial charge is 0.464 e. The van der Waals surface area contributed by atoms with Crippen LogP contribution in [0.2, 0.25) is 0 Å². The Morgan fingerprint density at radius 2 is 2.47 bits per heavy atom. The van der Waals surface area contributed by atoms with Gasteiger partial charge in [-0.05, 0) is 18.6 Å². The third kappa shape index (κ3) is 1.79. The van der Waals surface area contributed by atoms with Crippen LogP contribution in [-0.2, 0) is 0 Å². The molecular weight excluding hydrogens is 188 g/mol. The fraction of sp³-hybridized carbons (Fsp3) is 0.250. The van der Waals surface area contributed by atoms with Gasteiger partial charge in [-0.3, -0.25) is 0 Å². The van der Waals surface area contributed by atoms with E-state index in [2.05, 4.69) is 16.2 Å². The van der Waals surface area contributed by atoms with Crippen LogP contribution >= 0.6 is 0 Å². The number of rotatable bonds is 3. The minimum atomic E-state index is 0.0120. The Labute approximate surface area is 88.5 Å². The number of aromatic nitrogens is 1. The molecule has 0 bridgehead atoms. The lowest BCUT2D eigenvalue weighted by atomic mass is 10.2. The molecule has 1 N–H and O–H groups in total. The van der Waals surface area contributed by atoms with Crippen molar-refractivity contribution in [3.05, 3.63) is 24.6 Å². The van der Waals surface area contributed by atoms with Gasteiger partial charge < -0.3 is 9.73 Å². The number of furan rings is 1. The number of pyridine rings is 1. The summed E-state index contributed by atoms with van der Waals surface area (Å²) in [7, 11) is 0. The smallest absolute Gasteiger partial charge is 0.139 e. The Kier molecular flexibility index (Phi) is 2.59. The van der Waals surface area contributed by atoms with Crippen LogP contribution in [0.1, 0.15) is 13.3 Å². The maximum Gasteiger partial charge on any atom is 0.139 e. The van der Waals surface area contributed by atoms with Gasteiger partial charge in [-0.2, -0.15) is 0 Å². The molecule has 0 aromatic carbocycles. The maximum atomic E-state index is 5.39. The van der Waals surface area contributed by atoms with Crippen LogP contribution in [0.4, 0.5) is 5.82 Å². The molecule has 15 heavy (non-hydrogen) atoms. The number of nitrogens with zero attached hydrogens (tertiary/aromatic N) is 1. The Morgan fingerprint density at radius 1 is 1.60 bits per heavy atom. The van der Waals surface area contributed by atoms with Crippen molar-refractivity contribution in [3.8, 4) is 12.3 Å². The average Bonchev–Trinajstić information content (AvgIpc) is 2.74. The van der Waals surface area contributed by atoms with Gasteiger partial charge in [-0.15, -0.1) is 6.42 Å². The minimum absolute atomic E-state index is 0.0120. The molecule has 76 valence electrons. The molecule has 0 aliphatic heterocycles. The van der Waals surface area contributed by atoms with Crippen LogP contribution in [0, 0.1) is 12.3 Å². The quantitative estimate of drug-likeness (QED) is 0.774. The van der Waals surface area contributed by atoms with Crippen molar-refractivity contribution in [2.45, 2.75) is 19.4 Å². The molecule has 0 saturated carbocycles. The number of nitrogens with one attached hydrogen (secondary N) is 1. The lowest BCUT2D eigenvalue weighted by Gasteiger charge is -2.11. The summed E-state index contributed by atoms with van der Waals surface area (Å²) in [5, 5.41) is 4.16. The molecule has 2 rings (SSSR count). The van der Waals surface area contributed by atoms with Gasteiger partial charge in [0, 0.05) is 6.20 Å². The van der Waals surface area contributed by atoms with E-state index in [-0.39, 0.29) is 6.04 Å². The van der Waals surface area contributed by atoms with E-state index >= 15 is 0 Å². The highest BCUT2D eigenvalue weighted by Gasteiger charge is 2.07. The van der Waals surface area contributed by atoms with E-state index < -0.39 is 0 Å². The van der Waals surface area contributed by atoms with E-state index in [0.29, 0.717) is 0 Å². The first-order valence-corrected chi connectivity index (χ1v) is 4.90. The van der Waals surface area contributed by atoms with Crippen molar-refractivity contribution >= 4 is 16.8 Å². The standard InChI is InChI=1S/C12H12N2O/c1-3-9(4-2)14-12-10-6-8-15-11(10)5-7-13-12/h1,5-9H,4H2,2H3,(H,13,14). The van der Waals surface area contributed by atoms with Gasteiger partial charge in [0.1, 0.15) is 11.4 Å². The van der Waals surface area contributed by atoms with E-state index in [1.807, 2.05) is 19.1 Å². The van der Waals surface area contributed by atoms with E-state index in [0.717, 1.165) is 23.2 Å². The molecule has 2 aromatic heterocycles. The van der Waals surface area contributed by atoms with Gasteiger partial charge in [-0.1, -0.05) is 12.8 Å². The summed E-state index contributed by atoms with van der Waals surface area (Å²) >= 11 is 0. The third-order valence-electron chi connectivity index (χ3n) is 2.30. The zero-order valence-corrected chi connectivity index (χ0v) is 8.53. The molecule has 1 atom stereocenters. The summed E-state index contributed by atoms with van der Waals surface area (Å²) in [4.78, 5) is 4.25. The zero-order valence-electron chi connectivity index (χ0n) is 8.53. The lowest BCUT2D eigenvalue weighted by Crippen LogP contribution is -2.16. The number of hydrogen-bond donors (Lipinski definition) is 1. The van der Waals surface area contributed by atoms with Crippen LogP contribution in [0.3, 0.4) is 0 Å². The van der Waals surface area contributed by atoms with Crippen molar-refractivity contribution in [2.75, 3.05) is 5.32 Å². The molecule has 0 aliphatic rings. The van der Waals surface area contributed by atoms with Crippen LogP contribution in [0.5, 0.6) is 0 Å². The first-order chi connectivity index (χ1) is 7.35. The molecule has 0 amide bonds. The zero-order chi connectivity index (χ0) is 10.7. The summed E-state index contributed by atoms with van der Waals surface area (Å²) in [6.45, 7) is 2.03. The number of fused-ring (bicyclic) bond motifs is 1. The van der Waals surface area contributed by atoms with E-state index in [1.54, 1.807) is 12.5 Å². The van der Waals surface area contributed by atoms with Gasteiger partial charge >= 0.3 is 0 Å². The molecule has 0 radical (unpaired) electrons. The lowest BCUT2D eigenvalue weighted by molar-refractivity contribution is 0.615. The van der Waals surface area contributed by atoms with Crippen LogP contribution < -0.4 is 5.32 Å². The van der Waals surface area contributed by atoms with E-state index in [4.69, 9.17) is 10.8 Å². The van der Waals surface area contributed by atoms with Gasteiger partial charge in [0.2, 0.25) is 0 Å². The Hall–Kier alpha value is -1.95. The summed E-state index contributed by atoms with van der Waals surface area (Å²) in [5.74, 6) is 3.46. The fourth-order valence-corrected chi connectivity index (χ4v) is 1.44. The normalized spacial score (nSPS) is 12.3. The predicted octanol–water partition coefficient (Wildman–Crippen LogP) is 2.65. The average molecular weight is 200 g/mol. The van der Waals surface area contributed by atoms with Crippen LogP contribution in [-0.4, -0.2) is 11.0 Å². The number of anilines is 1. The summed E-state index contributed by atoms with van der Waals surface area (Å²) < 4.78 is 5.28. The van der Waals surface area contributed by atoms with Gasteiger partial charge in [-0.25, -0.2) is 4.98 Å². The van der Waals surface area contributed by atoms with Crippen LogP contribution in [0.15, 0.2) is 29.0 Å². The Morgan fingerprint density at radius 3 is 3.20 bits per heavy atom. The molecule has 0 fully saturated rings. The topological polar surface area (TPSA) is 38.1 Å². The molecule has 0 saturated heterocycles. The van der Waals surface area contributed by atoms with Crippen molar-refractivity contribution in [1.82, 2.24) is 4.98 Å². The second-order valence-corrected chi connectivity index (χ2v) is 3.26. The van der Waals surface area contributed by atoms with Gasteiger partial charge in [0.25, 0.3) is 0 Å². The molecule has 0 aliphatic carbocycles. The first-order valence-electron chi connectivity index (χ1n) is 4.90. The molecule has 2 aromatic rings. The molecular formula is C12H12N2O. The third-order valence-corrected chi connectivity index (χ3v) is 2.30. The van der Waals surface area contributed by atoms with Crippen LogP contribution in [0.25, 0.3) is 11.0 Å². The minimum Gasteiger partial charge on any atom is -0.464 e. The first kappa shape index (κ1) is 9.60. The highest BCUT2D eigenvalue weighted by Crippen LogP contribution is 2.22. The maximum absolute atomic E-state index is 5.39. The SMILES string of the molecule is C#CC(CC)Nc1nccc2occc12. The number of hydrogen-bond acceptors (Lipinski definition) is 3. The van der Waals surface area contributed by atoms with Crippen molar-refractivity contribution < 1.29 is 4.42 Å². The second-order valence-electron chi connectivity index (χ2n) is 3.26. The summed E-state index contributed by atoms with van der Waals surface area (Å²) in [6.07, 6.45) is 9.61. The molecule has 1 unspecified atom stereocenters. The number of terminal acetylenes is 1. The van der Waals surface area contributed by atoms with Crippen molar-refractivity contribution in [2.24, 2.45) is 0 Å². The van der Waals surface area contributed by atoms with Crippen molar-refractivity contribution in [3.63, 3.8) is 0 Å². The molecule has 3 heteroatoms. The van der Waals surface area contributed by atoms with Gasteiger partial charge in [0.15, 0.2) is 0 Å². The summed E-state index contributed by atoms with van der Waals surface area (Å²) in [5.41, 5.74) is 0.819. The Balaban J connectivity index is 2.35. The molecule has 2 heterocycles. The highest BCUT2D eigenvalue weighted by molar-refractivity contribution is 5.88. The predicted molar refractivity (Wildman–Crippen MR) is 60.5 cm³/mol. The molecule has 0 spiro atoms. The highest BCUT2D eigenvalue weighted by atomic mass is 16.3. The monoisotopic (exact) mass is 200 g/mol. The van der Waals surface area contributed by atoms with Gasteiger partial charge in [0.05, 0.1) is 17.7 Å². The molecule has 3 nitrogen and oxygen atoms in total. The van der Waals surface area contributed by atoms with E-state index in [1.165, 1.54) is 0 Å². The summed E-state index contributed by atoms with van der Waals surface area (Å²) in [6, 6.07) is 3.73. The van der Waals surface area contributed by atoms with Crippen molar-refractivity contribution in [1.29, 1.82) is 0 Å². The Bertz CT molecular complexity index is 496. The second kappa shape index (κ2) is 4.05. The van der Waals surface area contributed by atoms with E-state index in [9.17, 15) is 0 Å².